The minimum Gasteiger partial charge on any atom is -0.504 e. The van der Waals surface area contributed by atoms with Gasteiger partial charge in [-0.15, -0.1) is 0 Å². The predicted octanol–water partition coefficient (Wildman–Crippen LogP) is 5.66. The van der Waals surface area contributed by atoms with Gasteiger partial charge in [0.25, 0.3) is 0 Å². The number of rotatable bonds is 4. The van der Waals surface area contributed by atoms with Crippen molar-refractivity contribution in [2.24, 2.45) is 29.6 Å². The molecular formula is C33H26I2N2O6. The van der Waals surface area contributed by atoms with Crippen LogP contribution in [0.5, 0.6) is 11.5 Å². The van der Waals surface area contributed by atoms with Crippen molar-refractivity contribution in [3.63, 3.8) is 0 Å². The number of aromatic hydroxyl groups is 1. The Labute approximate surface area is 275 Å². The number of hydrogen-bond acceptors (Lipinski definition) is 6. The minimum absolute atomic E-state index is 0.0353. The van der Waals surface area contributed by atoms with E-state index in [1.54, 1.807) is 36.4 Å². The number of ether oxygens (including phenoxy) is 1. The van der Waals surface area contributed by atoms with Crippen LogP contribution in [-0.2, 0) is 19.2 Å². The van der Waals surface area contributed by atoms with Gasteiger partial charge in [-0.1, -0.05) is 17.7 Å². The summed E-state index contributed by atoms with van der Waals surface area (Å²) in [6.07, 6.45) is 2.68. The van der Waals surface area contributed by atoms with Gasteiger partial charge in [0.1, 0.15) is 0 Å². The van der Waals surface area contributed by atoms with Crippen molar-refractivity contribution >= 4 is 80.2 Å². The maximum Gasteiger partial charge on any atom is 0.238 e. The molecule has 4 amide bonds. The predicted molar refractivity (Wildman–Crippen MR) is 175 cm³/mol. The highest BCUT2D eigenvalue weighted by Gasteiger charge is 2.62. The van der Waals surface area contributed by atoms with Crippen molar-refractivity contribution in [3.05, 3.63) is 91.1 Å². The van der Waals surface area contributed by atoms with Gasteiger partial charge >= 0.3 is 0 Å². The standard InChI is InChI=1S/C33H26I2N2O6/c1-43-26-14-16(2-13-25(26)38)27-21-11-12-22-28(32(41)36(30(22)39)19-7-3-17(34)4-8-19)23(21)15-24-29(27)33(42)37(31(24)40)20-9-5-18(35)6-10-20/h2-11,13-14,22-24,27-29,38H,12,15H2,1H3. The molecule has 3 fully saturated rings. The van der Waals surface area contributed by atoms with Gasteiger partial charge in [0.15, 0.2) is 11.5 Å². The molecule has 2 heterocycles. The normalized spacial score (nSPS) is 28.0. The second-order valence-electron chi connectivity index (χ2n) is 11.4. The van der Waals surface area contributed by atoms with Crippen molar-refractivity contribution < 1.29 is 29.0 Å². The van der Waals surface area contributed by atoms with E-state index < -0.39 is 35.5 Å². The average molecular weight is 800 g/mol. The fourth-order valence-electron chi connectivity index (χ4n) is 7.54. The molecule has 3 aromatic rings. The Morgan fingerprint density at radius 1 is 0.721 bits per heavy atom. The molecule has 3 aromatic carbocycles. The second kappa shape index (κ2) is 10.7. The molecular weight excluding hydrogens is 774 g/mol. The highest BCUT2D eigenvalue weighted by atomic mass is 127. The topological polar surface area (TPSA) is 104 Å². The molecule has 0 bridgehead atoms. The van der Waals surface area contributed by atoms with Gasteiger partial charge in [-0.25, -0.2) is 0 Å². The first-order valence-electron chi connectivity index (χ1n) is 14.0. The van der Waals surface area contributed by atoms with E-state index >= 15 is 0 Å². The lowest BCUT2D eigenvalue weighted by Gasteiger charge is -2.44. The number of fused-ring (bicyclic) bond motifs is 4. The molecule has 6 atom stereocenters. The zero-order chi connectivity index (χ0) is 30.2. The Kier molecular flexibility index (Phi) is 7.11. The zero-order valence-corrected chi connectivity index (χ0v) is 27.3. The largest absolute Gasteiger partial charge is 0.504 e. The molecule has 2 aliphatic carbocycles. The summed E-state index contributed by atoms with van der Waals surface area (Å²) in [5.74, 6) is -4.32. The van der Waals surface area contributed by atoms with Crippen molar-refractivity contribution in [1.82, 2.24) is 0 Å². The zero-order valence-electron chi connectivity index (χ0n) is 22.9. The Balaban J connectivity index is 1.34. The van der Waals surface area contributed by atoms with E-state index in [0.29, 0.717) is 24.2 Å². The van der Waals surface area contributed by atoms with Crippen LogP contribution in [0.3, 0.4) is 0 Å². The van der Waals surface area contributed by atoms with Crippen LogP contribution in [0.25, 0.3) is 0 Å². The summed E-state index contributed by atoms with van der Waals surface area (Å²) in [4.78, 5) is 58.6. The molecule has 4 aliphatic rings. The third kappa shape index (κ3) is 4.42. The molecule has 0 aromatic heterocycles. The minimum atomic E-state index is -0.695. The molecule has 6 unspecified atom stereocenters. The van der Waals surface area contributed by atoms with Gasteiger partial charge < -0.3 is 9.84 Å². The van der Waals surface area contributed by atoms with Crippen LogP contribution < -0.4 is 14.5 Å². The maximum absolute atomic E-state index is 14.2. The van der Waals surface area contributed by atoms with Crippen LogP contribution >= 0.6 is 45.2 Å². The third-order valence-corrected chi connectivity index (χ3v) is 10.8. The van der Waals surface area contributed by atoms with Gasteiger partial charge in [0.2, 0.25) is 23.6 Å². The highest BCUT2D eigenvalue weighted by molar-refractivity contribution is 14.1. The molecule has 8 nitrogen and oxygen atoms in total. The monoisotopic (exact) mass is 800 g/mol. The molecule has 1 N–H and O–H groups in total. The number of nitrogens with zero attached hydrogens (tertiary/aromatic N) is 2. The van der Waals surface area contributed by atoms with Crippen LogP contribution in [0.15, 0.2) is 78.4 Å². The molecule has 2 aliphatic heterocycles. The van der Waals surface area contributed by atoms with Crippen LogP contribution in [-0.4, -0.2) is 35.8 Å². The number of phenols is 1. The fraction of sp³-hybridized carbons (Fsp3) is 0.273. The SMILES string of the molecule is COc1cc(C2C3=CCC4C(=O)N(c5ccc(I)cc5)C(=O)C4C3CC3C(=O)N(c4ccc(I)cc4)C(=O)C32)ccc1O. The number of allylic oxidation sites excluding steroid dienone is 2. The van der Waals surface area contributed by atoms with E-state index in [1.165, 1.54) is 23.0 Å². The summed E-state index contributed by atoms with van der Waals surface area (Å²) in [7, 11) is 1.46. The Morgan fingerprint density at radius 2 is 1.28 bits per heavy atom. The number of phenolic OH excluding ortho intramolecular Hbond substituents is 1. The van der Waals surface area contributed by atoms with Crippen LogP contribution in [0.4, 0.5) is 11.4 Å². The first-order valence-corrected chi connectivity index (χ1v) is 16.2. The summed E-state index contributed by atoms with van der Waals surface area (Å²) < 4.78 is 7.38. The lowest BCUT2D eigenvalue weighted by atomic mass is 9.57. The van der Waals surface area contributed by atoms with Gasteiger partial charge in [0, 0.05) is 13.1 Å². The van der Waals surface area contributed by atoms with Crippen molar-refractivity contribution in [2.75, 3.05) is 16.9 Å². The van der Waals surface area contributed by atoms with Gasteiger partial charge in [-0.05, 0) is 130 Å². The van der Waals surface area contributed by atoms with E-state index in [0.717, 1.165) is 18.3 Å². The lowest BCUT2D eigenvalue weighted by molar-refractivity contribution is -0.126. The summed E-state index contributed by atoms with van der Waals surface area (Å²) in [6, 6.07) is 19.5. The number of imide groups is 2. The summed E-state index contributed by atoms with van der Waals surface area (Å²) in [6.45, 7) is 0. The quantitative estimate of drug-likeness (QED) is 0.208. The molecule has 1 saturated carbocycles. The smallest absolute Gasteiger partial charge is 0.238 e. The average Bonchev–Trinajstić information content (AvgIpc) is 3.41. The molecule has 0 radical (unpaired) electrons. The number of carbonyl (C=O) groups is 4. The summed E-state index contributed by atoms with van der Waals surface area (Å²) in [5, 5.41) is 10.3. The van der Waals surface area contributed by atoms with E-state index in [-0.39, 0.29) is 35.1 Å². The van der Waals surface area contributed by atoms with Gasteiger partial charge in [0.05, 0.1) is 42.2 Å². The van der Waals surface area contributed by atoms with E-state index in [1.807, 2.05) is 30.3 Å². The molecule has 2 saturated heterocycles. The number of hydrogen-bond donors (Lipinski definition) is 1. The molecule has 218 valence electrons. The molecule has 7 rings (SSSR count). The van der Waals surface area contributed by atoms with Crippen molar-refractivity contribution in [3.8, 4) is 11.5 Å². The molecule has 0 spiro atoms. The fourth-order valence-corrected chi connectivity index (χ4v) is 8.26. The number of benzene rings is 3. The van der Waals surface area contributed by atoms with E-state index in [9.17, 15) is 24.3 Å². The van der Waals surface area contributed by atoms with Gasteiger partial charge in [-0.2, -0.15) is 0 Å². The third-order valence-electron chi connectivity index (χ3n) is 9.38. The van der Waals surface area contributed by atoms with Crippen molar-refractivity contribution in [1.29, 1.82) is 0 Å². The highest BCUT2D eigenvalue weighted by Crippen LogP contribution is 2.58. The Bertz CT molecular complexity index is 1720. The lowest BCUT2D eigenvalue weighted by Crippen LogP contribution is -2.43. The number of carbonyl (C=O) groups excluding carboxylic acids is 4. The summed E-state index contributed by atoms with van der Waals surface area (Å²) >= 11 is 4.36. The Morgan fingerprint density at radius 3 is 1.86 bits per heavy atom. The van der Waals surface area contributed by atoms with E-state index in [2.05, 4.69) is 45.2 Å². The number of halogens is 2. The second-order valence-corrected chi connectivity index (χ2v) is 13.9. The van der Waals surface area contributed by atoms with Crippen LogP contribution in [0, 0.1) is 36.7 Å². The molecule has 43 heavy (non-hydrogen) atoms. The Hall–Kier alpha value is -3.26. The first-order chi connectivity index (χ1) is 20.7. The van der Waals surface area contributed by atoms with Gasteiger partial charge in [-0.3, -0.25) is 29.0 Å². The number of amides is 4. The van der Waals surface area contributed by atoms with Crippen LogP contribution in [0.1, 0.15) is 24.3 Å². The first kappa shape index (κ1) is 28.5. The summed E-state index contributed by atoms with van der Waals surface area (Å²) in [5.41, 5.74) is 2.66. The number of methoxy groups -OCH3 is 1. The number of anilines is 2. The maximum atomic E-state index is 14.2. The van der Waals surface area contributed by atoms with E-state index in [4.69, 9.17) is 4.74 Å². The molecule has 10 heteroatoms. The van der Waals surface area contributed by atoms with Crippen LogP contribution in [0.2, 0.25) is 0 Å². The van der Waals surface area contributed by atoms with Crippen molar-refractivity contribution in [2.45, 2.75) is 18.8 Å².